The van der Waals surface area contributed by atoms with Gasteiger partial charge in [0.05, 0.1) is 12.4 Å². The second-order valence-electron chi connectivity index (χ2n) is 3.73. The number of rotatable bonds is 4. The molecule has 3 nitrogen and oxygen atoms in total. The van der Waals surface area contributed by atoms with Gasteiger partial charge in [0.1, 0.15) is 0 Å². The molecule has 1 aromatic rings. The Hall–Kier alpha value is -1.38. The summed E-state index contributed by atoms with van der Waals surface area (Å²) in [6.45, 7) is 5.34. The van der Waals surface area contributed by atoms with Gasteiger partial charge in [-0.15, -0.1) is 0 Å². The average molecular weight is 203 g/mol. The number of aryl methyl sites for hydroxylation is 1. The molecule has 0 N–H and O–H groups in total. The van der Waals surface area contributed by atoms with Gasteiger partial charge >= 0.3 is 0 Å². The number of pyridine rings is 1. The summed E-state index contributed by atoms with van der Waals surface area (Å²) in [5, 5.41) is 0. The molecule has 1 aliphatic rings. The minimum absolute atomic E-state index is 0.972. The van der Waals surface area contributed by atoms with Crippen molar-refractivity contribution in [3.05, 3.63) is 30.1 Å². The first-order chi connectivity index (χ1) is 7.40. The number of likely N-dealkylation sites (N-methyl/N-ethyl adjacent to an activating group) is 1. The predicted molar refractivity (Wildman–Crippen MR) is 62.1 cm³/mol. The molecule has 0 fully saturated rings. The summed E-state index contributed by atoms with van der Waals surface area (Å²) in [6.07, 6.45) is 5.82. The fraction of sp³-hybridized carbons (Fsp3) is 0.500. The van der Waals surface area contributed by atoms with Gasteiger partial charge < -0.3 is 4.90 Å². The van der Waals surface area contributed by atoms with Gasteiger partial charge in [0.15, 0.2) is 0 Å². The van der Waals surface area contributed by atoms with Crippen LogP contribution < -0.4 is 0 Å². The fourth-order valence-electron chi connectivity index (χ4n) is 1.91. The van der Waals surface area contributed by atoms with Crippen LogP contribution in [-0.4, -0.2) is 35.4 Å². The Bertz CT molecular complexity index is 332. The van der Waals surface area contributed by atoms with Gasteiger partial charge in [-0.05, 0) is 31.0 Å². The van der Waals surface area contributed by atoms with Gasteiger partial charge in [-0.2, -0.15) is 0 Å². The molecular formula is C12H17N3. The standard InChI is InChI=1S/C12H17N3/c1-2-15-10-9-14-12(15)4-3-11-5-7-13-8-6-11/h5-8H,2-4,9-10H2,1H3. The highest BCUT2D eigenvalue weighted by atomic mass is 15.2. The molecule has 0 radical (unpaired) electrons. The number of aromatic nitrogens is 1. The molecule has 15 heavy (non-hydrogen) atoms. The van der Waals surface area contributed by atoms with Crippen molar-refractivity contribution in [3.63, 3.8) is 0 Å². The van der Waals surface area contributed by atoms with E-state index in [2.05, 4.69) is 33.9 Å². The highest BCUT2D eigenvalue weighted by Gasteiger charge is 2.13. The molecule has 0 unspecified atom stereocenters. The van der Waals surface area contributed by atoms with Crippen molar-refractivity contribution in [1.82, 2.24) is 9.88 Å². The lowest BCUT2D eigenvalue weighted by Crippen LogP contribution is -2.27. The van der Waals surface area contributed by atoms with E-state index in [0.717, 1.165) is 32.5 Å². The average Bonchev–Trinajstić information content (AvgIpc) is 2.75. The van der Waals surface area contributed by atoms with E-state index >= 15 is 0 Å². The van der Waals surface area contributed by atoms with Gasteiger partial charge in [0.2, 0.25) is 0 Å². The smallest absolute Gasteiger partial charge is 0.0993 e. The Balaban J connectivity index is 1.88. The number of amidine groups is 1. The van der Waals surface area contributed by atoms with Crippen LogP contribution in [-0.2, 0) is 6.42 Å². The van der Waals surface area contributed by atoms with Crippen molar-refractivity contribution >= 4 is 5.84 Å². The van der Waals surface area contributed by atoms with Crippen LogP contribution in [0.5, 0.6) is 0 Å². The molecule has 2 heterocycles. The van der Waals surface area contributed by atoms with E-state index in [1.165, 1.54) is 11.4 Å². The summed E-state index contributed by atoms with van der Waals surface area (Å²) in [5.41, 5.74) is 1.34. The van der Waals surface area contributed by atoms with Crippen LogP contribution in [0.25, 0.3) is 0 Å². The topological polar surface area (TPSA) is 28.5 Å². The van der Waals surface area contributed by atoms with Crippen molar-refractivity contribution in [2.75, 3.05) is 19.6 Å². The fourth-order valence-corrected chi connectivity index (χ4v) is 1.91. The minimum atomic E-state index is 0.972. The molecule has 1 aromatic heterocycles. The lowest BCUT2D eigenvalue weighted by Gasteiger charge is -2.17. The van der Waals surface area contributed by atoms with Gasteiger partial charge in [0, 0.05) is 31.9 Å². The van der Waals surface area contributed by atoms with E-state index in [4.69, 9.17) is 0 Å². The third kappa shape index (κ3) is 2.55. The summed E-state index contributed by atoms with van der Waals surface area (Å²) >= 11 is 0. The Labute approximate surface area is 90.9 Å². The lowest BCUT2D eigenvalue weighted by molar-refractivity contribution is 0.474. The van der Waals surface area contributed by atoms with Crippen molar-refractivity contribution in [1.29, 1.82) is 0 Å². The van der Waals surface area contributed by atoms with Gasteiger partial charge in [-0.25, -0.2) is 0 Å². The molecular weight excluding hydrogens is 186 g/mol. The molecule has 0 spiro atoms. The van der Waals surface area contributed by atoms with Crippen molar-refractivity contribution in [3.8, 4) is 0 Å². The Morgan fingerprint density at radius 3 is 2.80 bits per heavy atom. The predicted octanol–water partition coefficient (Wildman–Crippen LogP) is 1.75. The summed E-state index contributed by atoms with van der Waals surface area (Å²) in [7, 11) is 0. The zero-order valence-corrected chi connectivity index (χ0v) is 9.19. The zero-order valence-electron chi connectivity index (χ0n) is 9.19. The SMILES string of the molecule is CCN1CCN=C1CCc1ccncc1. The molecule has 0 saturated carbocycles. The number of hydrogen-bond acceptors (Lipinski definition) is 3. The third-order valence-electron chi connectivity index (χ3n) is 2.80. The molecule has 3 heteroatoms. The first kappa shape index (κ1) is 10.1. The summed E-state index contributed by atoms with van der Waals surface area (Å²) in [4.78, 5) is 10.9. The van der Waals surface area contributed by atoms with E-state index < -0.39 is 0 Å². The Morgan fingerprint density at radius 1 is 1.27 bits per heavy atom. The molecule has 80 valence electrons. The van der Waals surface area contributed by atoms with Crippen LogP contribution in [0.2, 0.25) is 0 Å². The minimum Gasteiger partial charge on any atom is -0.359 e. The first-order valence-electron chi connectivity index (χ1n) is 5.57. The Kier molecular flexibility index (Phi) is 3.33. The van der Waals surface area contributed by atoms with Crippen LogP contribution in [0.1, 0.15) is 18.9 Å². The molecule has 0 atom stereocenters. The van der Waals surface area contributed by atoms with Crippen molar-refractivity contribution in [2.45, 2.75) is 19.8 Å². The summed E-state index contributed by atoms with van der Waals surface area (Å²) in [5.74, 6) is 1.27. The van der Waals surface area contributed by atoms with E-state index in [-0.39, 0.29) is 0 Å². The molecule has 0 amide bonds. The number of aliphatic imine (C=N–C) groups is 1. The second kappa shape index (κ2) is 4.91. The van der Waals surface area contributed by atoms with Crippen LogP contribution in [0.15, 0.2) is 29.5 Å². The molecule has 0 aromatic carbocycles. The number of nitrogens with zero attached hydrogens (tertiary/aromatic N) is 3. The highest BCUT2D eigenvalue weighted by molar-refractivity contribution is 5.83. The first-order valence-corrected chi connectivity index (χ1v) is 5.57. The third-order valence-corrected chi connectivity index (χ3v) is 2.80. The Morgan fingerprint density at radius 2 is 2.07 bits per heavy atom. The molecule has 1 aliphatic heterocycles. The largest absolute Gasteiger partial charge is 0.359 e. The van der Waals surface area contributed by atoms with E-state index in [0.29, 0.717) is 0 Å². The second-order valence-corrected chi connectivity index (χ2v) is 3.73. The summed E-state index contributed by atoms with van der Waals surface area (Å²) < 4.78 is 0. The van der Waals surface area contributed by atoms with E-state index in [1.807, 2.05) is 12.4 Å². The maximum absolute atomic E-state index is 4.53. The van der Waals surface area contributed by atoms with Gasteiger partial charge in [-0.3, -0.25) is 9.98 Å². The van der Waals surface area contributed by atoms with E-state index in [9.17, 15) is 0 Å². The zero-order chi connectivity index (χ0) is 10.5. The van der Waals surface area contributed by atoms with Crippen LogP contribution in [0, 0.1) is 0 Å². The molecule has 0 saturated heterocycles. The quantitative estimate of drug-likeness (QED) is 0.746. The molecule has 2 rings (SSSR count). The summed E-state index contributed by atoms with van der Waals surface area (Å²) in [6, 6.07) is 4.15. The maximum Gasteiger partial charge on any atom is 0.0993 e. The van der Waals surface area contributed by atoms with E-state index in [1.54, 1.807) is 0 Å². The normalized spacial score (nSPS) is 15.5. The van der Waals surface area contributed by atoms with Crippen molar-refractivity contribution < 1.29 is 0 Å². The van der Waals surface area contributed by atoms with Gasteiger partial charge in [0.25, 0.3) is 0 Å². The highest BCUT2D eigenvalue weighted by Crippen LogP contribution is 2.08. The van der Waals surface area contributed by atoms with Crippen LogP contribution in [0.3, 0.4) is 0 Å². The monoisotopic (exact) mass is 203 g/mol. The van der Waals surface area contributed by atoms with Crippen LogP contribution in [0.4, 0.5) is 0 Å². The number of hydrogen-bond donors (Lipinski definition) is 0. The van der Waals surface area contributed by atoms with Gasteiger partial charge in [-0.1, -0.05) is 0 Å². The molecule has 0 bridgehead atoms. The van der Waals surface area contributed by atoms with Crippen LogP contribution >= 0.6 is 0 Å². The maximum atomic E-state index is 4.53. The molecule has 0 aliphatic carbocycles. The lowest BCUT2D eigenvalue weighted by atomic mass is 10.1. The van der Waals surface area contributed by atoms with Crippen molar-refractivity contribution in [2.24, 2.45) is 4.99 Å².